The highest BCUT2D eigenvalue weighted by Gasteiger charge is 2.28. The number of phenolic OH excluding ortho intramolecular Hbond substituents is 2. The van der Waals surface area contributed by atoms with Crippen LogP contribution in [0.4, 0.5) is 0 Å². The highest BCUT2D eigenvalue weighted by molar-refractivity contribution is 6.35. The lowest BCUT2D eigenvalue weighted by atomic mass is 9.78. The van der Waals surface area contributed by atoms with Gasteiger partial charge in [0.25, 0.3) is 0 Å². The number of aliphatic hydroxyl groups is 2. The van der Waals surface area contributed by atoms with Crippen LogP contribution in [0.1, 0.15) is 129 Å². The molecule has 0 bridgehead atoms. The summed E-state index contributed by atoms with van der Waals surface area (Å²) in [7, 11) is 0. The second kappa shape index (κ2) is 20.2. The van der Waals surface area contributed by atoms with E-state index < -0.39 is 23.8 Å². The molecular weight excluding hydrogens is 668 g/mol. The van der Waals surface area contributed by atoms with Gasteiger partial charge in [0.15, 0.2) is 0 Å². The van der Waals surface area contributed by atoms with E-state index in [-0.39, 0.29) is 60.8 Å². The van der Waals surface area contributed by atoms with Gasteiger partial charge >= 0.3 is 23.8 Å². The highest BCUT2D eigenvalue weighted by atomic mass is 16.4. The van der Waals surface area contributed by atoms with Crippen molar-refractivity contribution in [3.8, 4) is 11.5 Å². The van der Waals surface area contributed by atoms with Crippen LogP contribution in [0.2, 0.25) is 0 Å². The van der Waals surface area contributed by atoms with Gasteiger partial charge in [-0.05, 0) is 67.9 Å². The average Bonchev–Trinajstić information content (AvgIpc) is 2.99. The first-order valence-corrected chi connectivity index (χ1v) is 17.5. The molecule has 0 heterocycles. The Balaban J connectivity index is 0.000000778. The van der Waals surface area contributed by atoms with Crippen molar-refractivity contribution in [2.24, 2.45) is 0 Å². The van der Waals surface area contributed by atoms with Crippen molar-refractivity contribution in [3.63, 3.8) is 0 Å². The van der Waals surface area contributed by atoms with Gasteiger partial charge in [-0.3, -0.25) is 19.2 Å². The maximum Gasteiger partial charge on any atom is 0.309 e. The minimum atomic E-state index is -0.808. The number of rotatable bonds is 10. The van der Waals surface area contributed by atoms with Crippen molar-refractivity contribution < 1.29 is 49.8 Å². The van der Waals surface area contributed by atoms with Gasteiger partial charge in [0.2, 0.25) is 0 Å². The number of amides is 2. The molecular formula is C40H64N2O10. The number of carbonyl (C=O) groups excluding carboxylic acids is 2. The van der Waals surface area contributed by atoms with Crippen molar-refractivity contribution in [1.82, 2.24) is 10.6 Å². The van der Waals surface area contributed by atoms with Gasteiger partial charge in [0.1, 0.15) is 11.5 Å². The molecule has 0 atom stereocenters. The lowest BCUT2D eigenvalue weighted by molar-refractivity contribution is -0.139. The van der Waals surface area contributed by atoms with E-state index in [1.54, 1.807) is 0 Å². The van der Waals surface area contributed by atoms with Gasteiger partial charge in [-0.15, -0.1) is 0 Å². The van der Waals surface area contributed by atoms with Crippen LogP contribution in [-0.4, -0.2) is 80.7 Å². The Kier molecular flexibility index (Phi) is 18.6. The van der Waals surface area contributed by atoms with Crippen LogP contribution in [0.15, 0.2) is 24.3 Å². The molecule has 294 valence electrons. The van der Waals surface area contributed by atoms with E-state index in [0.717, 1.165) is 33.4 Å². The summed E-state index contributed by atoms with van der Waals surface area (Å²) in [4.78, 5) is 42.9. The van der Waals surface area contributed by atoms with Crippen LogP contribution in [0, 0.1) is 0 Å². The molecule has 2 aromatic rings. The van der Waals surface area contributed by atoms with Gasteiger partial charge in [-0.25, -0.2) is 0 Å². The Labute approximate surface area is 309 Å². The fourth-order valence-corrected chi connectivity index (χ4v) is 4.97. The summed E-state index contributed by atoms with van der Waals surface area (Å²) in [6.45, 7) is 24.3. The van der Waals surface area contributed by atoms with Crippen LogP contribution >= 0.6 is 0 Å². The van der Waals surface area contributed by atoms with Crippen molar-refractivity contribution in [3.05, 3.63) is 57.6 Å². The van der Waals surface area contributed by atoms with E-state index in [1.807, 2.05) is 24.3 Å². The molecule has 12 nitrogen and oxygen atoms in total. The third-order valence-electron chi connectivity index (χ3n) is 7.83. The Bertz CT molecular complexity index is 1320. The minimum absolute atomic E-state index is 0.0470. The van der Waals surface area contributed by atoms with Crippen molar-refractivity contribution >= 4 is 23.8 Å². The molecule has 0 aliphatic rings. The molecule has 8 N–H and O–H groups in total. The summed E-state index contributed by atoms with van der Waals surface area (Å²) < 4.78 is 0. The monoisotopic (exact) mass is 732 g/mol. The molecule has 0 saturated carbocycles. The first-order chi connectivity index (χ1) is 23.6. The molecule has 52 heavy (non-hydrogen) atoms. The number of carboxylic acid groups (broad SMARTS) is 2. The fraction of sp³-hybridized carbons (Fsp3) is 0.600. The number of carbonyl (C=O) groups is 4. The Morgan fingerprint density at radius 1 is 0.500 bits per heavy atom. The summed E-state index contributed by atoms with van der Waals surface area (Å²) in [6, 6.07) is 7.75. The van der Waals surface area contributed by atoms with Crippen molar-refractivity contribution in [2.75, 3.05) is 26.3 Å². The van der Waals surface area contributed by atoms with Gasteiger partial charge in [0, 0.05) is 25.9 Å². The van der Waals surface area contributed by atoms with Gasteiger partial charge in [-0.1, -0.05) is 107 Å². The summed E-state index contributed by atoms with van der Waals surface area (Å²) in [5.41, 5.74) is 4.76. The Hall–Kier alpha value is -4.16. The fourth-order valence-electron chi connectivity index (χ4n) is 4.97. The molecule has 0 radical (unpaired) electrons. The molecule has 0 aliphatic heterocycles. The number of carboxylic acids is 2. The third kappa shape index (κ3) is 16.9. The molecule has 0 spiro atoms. The number of phenols is 2. The molecule has 2 aromatic carbocycles. The van der Waals surface area contributed by atoms with E-state index >= 15 is 0 Å². The summed E-state index contributed by atoms with van der Waals surface area (Å²) in [6.07, 6.45) is 1.19. The number of hydrogen-bond acceptors (Lipinski definition) is 8. The van der Waals surface area contributed by atoms with Crippen molar-refractivity contribution in [2.45, 2.75) is 130 Å². The van der Waals surface area contributed by atoms with Crippen molar-refractivity contribution in [1.29, 1.82) is 0 Å². The maximum atomic E-state index is 10.8. The van der Waals surface area contributed by atoms with E-state index in [1.165, 1.54) is 0 Å². The summed E-state index contributed by atoms with van der Waals surface area (Å²) in [5, 5.41) is 59.7. The molecule has 0 aromatic heterocycles. The van der Waals surface area contributed by atoms with Crippen LogP contribution in [0.5, 0.6) is 11.5 Å². The molecule has 0 unspecified atom stereocenters. The quantitative estimate of drug-likeness (QED) is 0.149. The first kappa shape index (κ1) is 47.8. The Morgan fingerprint density at radius 2 is 0.731 bits per heavy atom. The minimum Gasteiger partial charge on any atom is -0.507 e. The van der Waals surface area contributed by atoms with Crippen LogP contribution in [0.25, 0.3) is 0 Å². The standard InChI is InChI=1S/2C17H26O3.C6H12N2O4/c2*1-16(2,3)12-9-11(7-8-14(18)19)10-13(15(12)20)17(4,5)6;9-3-1-7-5(11)6(12)8-2-4-10/h2*9-10,20H,7-8H2,1-6H3,(H,18,19);9-10H,1-4H2,(H,7,11)(H,8,12). The van der Waals surface area contributed by atoms with Crippen LogP contribution in [0.3, 0.4) is 0 Å². The topological polar surface area (TPSA) is 214 Å². The smallest absolute Gasteiger partial charge is 0.309 e. The number of nitrogens with one attached hydrogen (secondary N) is 2. The van der Waals surface area contributed by atoms with Crippen LogP contribution in [-0.2, 0) is 53.7 Å². The lowest BCUT2D eigenvalue weighted by Gasteiger charge is -2.28. The number of aliphatic carboxylic acids is 2. The number of benzene rings is 2. The normalized spacial score (nSPS) is 11.7. The number of hydrogen-bond donors (Lipinski definition) is 8. The second-order valence-electron chi connectivity index (χ2n) is 16.8. The first-order valence-electron chi connectivity index (χ1n) is 17.5. The zero-order valence-corrected chi connectivity index (χ0v) is 33.3. The largest absolute Gasteiger partial charge is 0.507 e. The summed E-state index contributed by atoms with van der Waals surface area (Å²) in [5.74, 6) is -2.54. The Morgan fingerprint density at radius 3 is 0.904 bits per heavy atom. The van der Waals surface area contributed by atoms with Gasteiger partial charge in [0.05, 0.1) is 13.2 Å². The molecule has 2 amide bonds. The average molecular weight is 733 g/mol. The third-order valence-corrected chi connectivity index (χ3v) is 7.83. The van der Waals surface area contributed by atoms with E-state index in [2.05, 4.69) is 93.7 Å². The summed E-state index contributed by atoms with van der Waals surface area (Å²) >= 11 is 0. The zero-order valence-electron chi connectivity index (χ0n) is 33.3. The predicted octanol–water partition coefficient (Wildman–Crippen LogP) is 5.21. The van der Waals surface area contributed by atoms with Crippen LogP contribution < -0.4 is 10.6 Å². The molecule has 12 heteroatoms. The van der Waals surface area contributed by atoms with E-state index in [4.69, 9.17) is 20.4 Å². The predicted molar refractivity (Wildman–Crippen MR) is 203 cm³/mol. The van der Waals surface area contributed by atoms with E-state index in [9.17, 15) is 29.4 Å². The lowest BCUT2D eigenvalue weighted by Crippen LogP contribution is -2.41. The molecule has 0 aliphatic carbocycles. The van der Waals surface area contributed by atoms with Gasteiger partial charge in [-0.2, -0.15) is 0 Å². The number of aryl methyl sites for hydroxylation is 2. The van der Waals surface area contributed by atoms with Gasteiger partial charge < -0.3 is 41.3 Å². The highest BCUT2D eigenvalue weighted by Crippen LogP contribution is 2.41. The number of aromatic hydroxyl groups is 2. The maximum absolute atomic E-state index is 10.8. The molecule has 2 rings (SSSR count). The molecule has 0 saturated heterocycles. The SMILES string of the molecule is CC(C)(C)c1cc(CCC(=O)O)cc(C(C)(C)C)c1O.CC(C)(C)c1cc(CCC(=O)O)cc(C(C)(C)C)c1O.O=C(NCCO)C(=O)NCCO. The second-order valence-corrected chi connectivity index (χ2v) is 16.8. The number of aliphatic hydroxyl groups excluding tert-OH is 2. The zero-order chi connectivity index (χ0) is 40.8. The molecule has 0 fully saturated rings. The van der Waals surface area contributed by atoms with E-state index in [0.29, 0.717) is 24.3 Å².